The minimum Gasteiger partial charge on any atom is -0.473 e. The summed E-state index contributed by atoms with van der Waals surface area (Å²) in [7, 11) is 0. The third-order valence-electron chi connectivity index (χ3n) is 3.82. The summed E-state index contributed by atoms with van der Waals surface area (Å²) in [6.45, 7) is 4.14. The van der Waals surface area contributed by atoms with Crippen LogP contribution in [0.3, 0.4) is 0 Å². The lowest BCUT2D eigenvalue weighted by Gasteiger charge is -2.34. The number of benzene rings is 1. The first kappa shape index (κ1) is 19.2. The fraction of sp³-hybridized carbons (Fsp3) is 0.278. The number of piperazine rings is 1. The molecule has 2 N–H and O–H groups in total. The Labute approximate surface area is 150 Å². The summed E-state index contributed by atoms with van der Waals surface area (Å²) in [4.78, 5) is 34.7. The van der Waals surface area contributed by atoms with Gasteiger partial charge in [0.05, 0.1) is 12.8 Å². The zero-order valence-electron chi connectivity index (χ0n) is 14.1. The lowest BCUT2D eigenvalue weighted by Crippen LogP contribution is -2.48. The zero-order chi connectivity index (χ0) is 18.9. The summed E-state index contributed by atoms with van der Waals surface area (Å²) in [5.74, 6) is -2.54. The van der Waals surface area contributed by atoms with Crippen molar-refractivity contribution in [1.82, 2.24) is 9.80 Å². The number of furan rings is 1. The molecule has 2 heterocycles. The molecule has 1 aromatic heterocycles. The van der Waals surface area contributed by atoms with Crippen LogP contribution in [-0.4, -0.2) is 64.0 Å². The molecule has 1 amide bonds. The van der Waals surface area contributed by atoms with Crippen molar-refractivity contribution in [2.24, 2.45) is 0 Å². The summed E-state index contributed by atoms with van der Waals surface area (Å²) >= 11 is 0. The molecule has 1 fully saturated rings. The molecule has 0 atom stereocenters. The molecule has 0 radical (unpaired) electrons. The summed E-state index contributed by atoms with van der Waals surface area (Å²) in [5.41, 5.74) is 0.770. The average molecular weight is 360 g/mol. The Morgan fingerprint density at radius 2 is 1.50 bits per heavy atom. The molecule has 0 spiro atoms. The summed E-state index contributed by atoms with van der Waals surface area (Å²) in [6.07, 6.45) is 1.70. The molecule has 1 saturated heterocycles. The standard InChI is InChI=1S/C16H18N2O2.C2H2O4/c19-16(14-5-2-1-3-6-14)18-10-8-17(9-11-18)13-15-7-4-12-20-15;3-1(4)2(5)6/h1-7,12H,8-11,13H2;(H,3,4)(H,5,6). The van der Waals surface area contributed by atoms with Crippen LogP contribution in [0.15, 0.2) is 53.1 Å². The number of carboxylic acids is 2. The number of hydrogen-bond donors (Lipinski definition) is 2. The van der Waals surface area contributed by atoms with Crippen LogP contribution in [0.1, 0.15) is 16.1 Å². The molecule has 138 valence electrons. The van der Waals surface area contributed by atoms with Gasteiger partial charge in [-0.2, -0.15) is 0 Å². The van der Waals surface area contributed by atoms with Crippen molar-refractivity contribution in [2.75, 3.05) is 26.2 Å². The summed E-state index contributed by atoms with van der Waals surface area (Å²) in [6, 6.07) is 13.4. The van der Waals surface area contributed by atoms with E-state index in [1.807, 2.05) is 47.4 Å². The van der Waals surface area contributed by atoms with Gasteiger partial charge in [0.15, 0.2) is 0 Å². The Morgan fingerprint density at radius 1 is 0.885 bits per heavy atom. The highest BCUT2D eigenvalue weighted by atomic mass is 16.4. The van der Waals surface area contributed by atoms with Gasteiger partial charge in [-0.25, -0.2) is 9.59 Å². The van der Waals surface area contributed by atoms with Crippen LogP contribution in [0.25, 0.3) is 0 Å². The zero-order valence-corrected chi connectivity index (χ0v) is 14.1. The SMILES string of the molecule is O=C(O)C(=O)O.O=C(c1ccccc1)N1CCN(Cc2ccco2)CC1. The third-order valence-corrected chi connectivity index (χ3v) is 3.82. The number of hydrogen-bond acceptors (Lipinski definition) is 5. The highest BCUT2D eigenvalue weighted by Crippen LogP contribution is 2.11. The molecule has 8 nitrogen and oxygen atoms in total. The van der Waals surface area contributed by atoms with Crippen LogP contribution in [0, 0.1) is 0 Å². The van der Waals surface area contributed by atoms with Gasteiger partial charge in [-0.15, -0.1) is 0 Å². The highest BCUT2D eigenvalue weighted by molar-refractivity contribution is 6.27. The molecular formula is C18H20N2O6. The first-order valence-electron chi connectivity index (χ1n) is 8.02. The smallest absolute Gasteiger partial charge is 0.414 e. The maximum atomic E-state index is 12.3. The van der Waals surface area contributed by atoms with Gasteiger partial charge in [-0.1, -0.05) is 18.2 Å². The number of rotatable bonds is 3. The number of carbonyl (C=O) groups excluding carboxylic acids is 1. The maximum absolute atomic E-state index is 12.3. The predicted molar refractivity (Wildman–Crippen MR) is 91.6 cm³/mol. The second-order valence-corrected chi connectivity index (χ2v) is 5.62. The Morgan fingerprint density at radius 3 is 2.00 bits per heavy atom. The first-order valence-corrected chi connectivity index (χ1v) is 8.02. The molecule has 1 aromatic carbocycles. The number of aliphatic carboxylic acids is 2. The van der Waals surface area contributed by atoms with Crippen molar-refractivity contribution in [1.29, 1.82) is 0 Å². The van der Waals surface area contributed by atoms with Crippen molar-refractivity contribution in [3.63, 3.8) is 0 Å². The molecule has 3 rings (SSSR count). The monoisotopic (exact) mass is 360 g/mol. The highest BCUT2D eigenvalue weighted by Gasteiger charge is 2.22. The van der Waals surface area contributed by atoms with E-state index < -0.39 is 11.9 Å². The van der Waals surface area contributed by atoms with E-state index in [0.29, 0.717) is 0 Å². The number of carbonyl (C=O) groups is 3. The van der Waals surface area contributed by atoms with Crippen LogP contribution < -0.4 is 0 Å². The van der Waals surface area contributed by atoms with Crippen LogP contribution in [0.5, 0.6) is 0 Å². The average Bonchev–Trinajstić information content (AvgIpc) is 3.16. The van der Waals surface area contributed by atoms with Gasteiger partial charge in [0.2, 0.25) is 0 Å². The molecule has 1 aliphatic rings. The lowest BCUT2D eigenvalue weighted by molar-refractivity contribution is -0.159. The van der Waals surface area contributed by atoms with Crippen molar-refractivity contribution >= 4 is 17.8 Å². The van der Waals surface area contributed by atoms with Crippen molar-refractivity contribution in [3.8, 4) is 0 Å². The fourth-order valence-electron chi connectivity index (χ4n) is 2.50. The second-order valence-electron chi connectivity index (χ2n) is 5.62. The van der Waals surface area contributed by atoms with E-state index >= 15 is 0 Å². The van der Waals surface area contributed by atoms with Crippen molar-refractivity contribution < 1.29 is 29.0 Å². The van der Waals surface area contributed by atoms with E-state index in [-0.39, 0.29) is 5.91 Å². The largest absolute Gasteiger partial charge is 0.473 e. The van der Waals surface area contributed by atoms with Gasteiger partial charge in [0.1, 0.15) is 5.76 Å². The van der Waals surface area contributed by atoms with Gasteiger partial charge in [0, 0.05) is 31.7 Å². The number of amides is 1. The molecular weight excluding hydrogens is 340 g/mol. The van der Waals surface area contributed by atoms with Crippen molar-refractivity contribution in [3.05, 3.63) is 60.1 Å². The fourth-order valence-corrected chi connectivity index (χ4v) is 2.50. The van der Waals surface area contributed by atoms with Crippen LogP contribution in [0.4, 0.5) is 0 Å². The molecule has 2 aromatic rings. The number of carboxylic acid groups (broad SMARTS) is 2. The van der Waals surface area contributed by atoms with Gasteiger partial charge in [-0.05, 0) is 24.3 Å². The maximum Gasteiger partial charge on any atom is 0.414 e. The van der Waals surface area contributed by atoms with Gasteiger partial charge < -0.3 is 19.5 Å². The quantitative estimate of drug-likeness (QED) is 0.796. The van der Waals surface area contributed by atoms with Gasteiger partial charge in [-0.3, -0.25) is 9.69 Å². The van der Waals surface area contributed by atoms with Crippen LogP contribution in [0.2, 0.25) is 0 Å². The van der Waals surface area contributed by atoms with Gasteiger partial charge in [0.25, 0.3) is 5.91 Å². The van der Waals surface area contributed by atoms with E-state index in [9.17, 15) is 4.79 Å². The Hall–Kier alpha value is -3.13. The van der Waals surface area contributed by atoms with Gasteiger partial charge >= 0.3 is 11.9 Å². The van der Waals surface area contributed by atoms with E-state index in [0.717, 1.165) is 44.0 Å². The molecule has 0 saturated carbocycles. The lowest BCUT2D eigenvalue weighted by atomic mass is 10.2. The molecule has 8 heteroatoms. The third kappa shape index (κ3) is 5.75. The predicted octanol–water partition coefficient (Wildman–Crippen LogP) is 1.39. The molecule has 0 bridgehead atoms. The van der Waals surface area contributed by atoms with E-state index in [2.05, 4.69) is 4.90 Å². The molecule has 0 unspecified atom stereocenters. The molecule has 1 aliphatic heterocycles. The van der Waals surface area contributed by atoms with Crippen LogP contribution >= 0.6 is 0 Å². The normalized spacial score (nSPS) is 14.2. The summed E-state index contributed by atoms with van der Waals surface area (Å²) in [5, 5.41) is 14.8. The summed E-state index contributed by atoms with van der Waals surface area (Å²) < 4.78 is 5.36. The Bertz CT molecular complexity index is 709. The Balaban J connectivity index is 0.000000352. The minimum atomic E-state index is -1.82. The Kier molecular flexibility index (Phi) is 6.92. The van der Waals surface area contributed by atoms with Crippen molar-refractivity contribution in [2.45, 2.75) is 6.54 Å². The van der Waals surface area contributed by atoms with E-state index in [4.69, 9.17) is 24.2 Å². The topological polar surface area (TPSA) is 111 Å². The van der Waals surface area contributed by atoms with E-state index in [1.54, 1.807) is 6.26 Å². The first-order chi connectivity index (χ1) is 12.5. The molecule has 26 heavy (non-hydrogen) atoms. The second kappa shape index (κ2) is 9.38. The van der Waals surface area contributed by atoms with Crippen LogP contribution in [-0.2, 0) is 16.1 Å². The number of nitrogens with zero attached hydrogens (tertiary/aromatic N) is 2. The van der Waals surface area contributed by atoms with E-state index in [1.165, 1.54) is 0 Å². The molecule has 0 aliphatic carbocycles. The minimum absolute atomic E-state index is 0.128.